The molecule has 3 saturated carbocycles. The van der Waals surface area contributed by atoms with Crippen LogP contribution in [0.15, 0.2) is 28.3 Å². The Kier molecular flexibility index (Phi) is 10.2. The fourth-order valence-electron chi connectivity index (χ4n) is 8.86. The molecule has 4 aliphatic carbocycles. The lowest BCUT2D eigenvalue weighted by Crippen LogP contribution is -2.57. The zero-order valence-corrected chi connectivity index (χ0v) is 28.0. The van der Waals surface area contributed by atoms with E-state index in [0.717, 1.165) is 42.9 Å². The summed E-state index contributed by atoms with van der Waals surface area (Å²) < 4.78 is 13.9. The predicted molar refractivity (Wildman–Crippen MR) is 171 cm³/mol. The van der Waals surface area contributed by atoms with Gasteiger partial charge in [0.1, 0.15) is 23.4 Å². The molecule has 234 valence electrons. The van der Waals surface area contributed by atoms with Gasteiger partial charge >= 0.3 is 5.97 Å². The Balaban J connectivity index is 0.000000653. The molecule has 43 heavy (non-hydrogen) atoms. The zero-order chi connectivity index (χ0) is 31.7. The number of carbonyl (C=O) groups is 2. The molecule has 2 aromatic rings. The average Bonchev–Trinajstić information content (AvgIpc) is 3.63. The minimum atomic E-state index is -0.407. The number of hydrogen-bond donors (Lipinski definition) is 1. The van der Waals surface area contributed by atoms with E-state index in [2.05, 4.69) is 61.8 Å². The Morgan fingerprint density at radius 3 is 2.53 bits per heavy atom. The number of furan rings is 1. The number of Topliss-reactive ketones (excluding diaryl/α,β-unsaturated/α-hetero) is 1. The Bertz CT molecular complexity index is 1370. The van der Waals surface area contributed by atoms with Gasteiger partial charge < -0.3 is 19.1 Å². The lowest BCUT2D eigenvalue weighted by atomic mass is 9.46. The van der Waals surface area contributed by atoms with Crippen molar-refractivity contribution in [3.8, 4) is 12.8 Å². The van der Waals surface area contributed by atoms with Crippen molar-refractivity contribution in [1.29, 1.82) is 0 Å². The number of alkyl halides is 1. The van der Waals surface area contributed by atoms with Crippen LogP contribution in [0.5, 0.6) is 0 Å². The third-order valence-corrected chi connectivity index (χ3v) is 10.9. The van der Waals surface area contributed by atoms with Gasteiger partial charge in [-0.1, -0.05) is 49.2 Å². The summed E-state index contributed by atoms with van der Waals surface area (Å²) >= 11 is 3.45. The number of fused-ring (bicyclic) bond motifs is 6. The summed E-state index contributed by atoms with van der Waals surface area (Å²) in [6.45, 7) is 12.4. The highest BCUT2D eigenvalue weighted by Gasteiger charge is 2.64. The zero-order valence-electron chi connectivity index (χ0n) is 26.4. The van der Waals surface area contributed by atoms with E-state index in [9.17, 15) is 14.7 Å². The molecule has 8 atom stereocenters. The molecule has 0 saturated heterocycles. The molecule has 7 unspecified atom stereocenters. The lowest BCUT2D eigenvalue weighted by Gasteiger charge is -2.59. The first-order valence-corrected chi connectivity index (χ1v) is 16.6. The van der Waals surface area contributed by atoms with Crippen LogP contribution in [0, 0.1) is 47.3 Å². The molecular weight excluding hydrogens is 608 g/mol. The first kappa shape index (κ1) is 33.3. The highest BCUT2D eigenvalue weighted by Crippen LogP contribution is 2.66. The Morgan fingerprint density at radius 1 is 1.23 bits per heavy atom. The summed E-state index contributed by atoms with van der Waals surface area (Å²) in [5.74, 6) is 3.31. The van der Waals surface area contributed by atoms with E-state index in [1.807, 2.05) is 23.7 Å². The van der Waals surface area contributed by atoms with Crippen molar-refractivity contribution in [1.82, 2.24) is 9.78 Å². The quantitative estimate of drug-likeness (QED) is 0.212. The van der Waals surface area contributed by atoms with E-state index in [4.69, 9.17) is 14.3 Å². The van der Waals surface area contributed by atoms with E-state index in [1.54, 1.807) is 0 Å². The van der Waals surface area contributed by atoms with Gasteiger partial charge in [-0.15, -0.1) is 12.8 Å². The number of terminal acetylenes is 1. The number of halogens is 1. The normalized spacial score (nSPS) is 33.6. The molecule has 0 amide bonds. The topological polar surface area (TPSA) is 94.6 Å². The maximum absolute atomic E-state index is 12.3. The second-order valence-corrected chi connectivity index (χ2v) is 14.1. The second-order valence-electron chi connectivity index (χ2n) is 13.5. The van der Waals surface area contributed by atoms with Crippen LogP contribution in [-0.4, -0.2) is 38.8 Å². The van der Waals surface area contributed by atoms with Crippen molar-refractivity contribution < 1.29 is 23.8 Å². The fraction of sp³-hybridized carbons (Fsp3) is 0.629. The van der Waals surface area contributed by atoms with Crippen LogP contribution >= 0.6 is 15.9 Å². The SMILES string of the molecule is C#C.CC(C)=O.CCC(=O)O[C@@H]1C(C)CC2C3CCC4=Cc5nn(Cc6ccc(CBr)o6)cc5CC4(C)C3C(O)CC21C. The summed E-state index contributed by atoms with van der Waals surface area (Å²) in [6.07, 6.45) is 17.2. The number of aliphatic hydroxyl groups excluding tert-OH is 1. The molecule has 3 fully saturated rings. The summed E-state index contributed by atoms with van der Waals surface area (Å²) in [5, 5.41) is 17.4. The van der Waals surface area contributed by atoms with Crippen LogP contribution in [0.25, 0.3) is 6.08 Å². The van der Waals surface area contributed by atoms with Gasteiger partial charge in [-0.05, 0) is 98.8 Å². The van der Waals surface area contributed by atoms with E-state index in [0.29, 0.717) is 42.5 Å². The van der Waals surface area contributed by atoms with Crippen molar-refractivity contribution in [2.75, 3.05) is 0 Å². The molecule has 2 heterocycles. The van der Waals surface area contributed by atoms with E-state index < -0.39 is 6.10 Å². The highest BCUT2D eigenvalue weighted by atomic mass is 79.9. The highest BCUT2D eigenvalue weighted by molar-refractivity contribution is 9.08. The molecular formula is C35H47BrN2O5. The first-order valence-electron chi connectivity index (χ1n) is 15.5. The molecule has 0 bridgehead atoms. The third kappa shape index (κ3) is 6.31. The summed E-state index contributed by atoms with van der Waals surface area (Å²) in [4.78, 5) is 21.7. The van der Waals surface area contributed by atoms with Crippen LogP contribution in [-0.2, 0) is 32.6 Å². The van der Waals surface area contributed by atoms with Gasteiger partial charge in [0.2, 0.25) is 0 Å². The van der Waals surface area contributed by atoms with Gasteiger partial charge in [-0.2, -0.15) is 5.10 Å². The number of allylic oxidation sites excluding steroid dienone is 1. The van der Waals surface area contributed by atoms with Crippen molar-refractivity contribution >= 4 is 33.8 Å². The summed E-state index contributed by atoms with van der Waals surface area (Å²) in [5.41, 5.74) is 3.52. The molecule has 2 aromatic heterocycles. The number of nitrogens with zero attached hydrogens (tertiary/aromatic N) is 2. The smallest absolute Gasteiger partial charge is 0.305 e. The largest absolute Gasteiger partial charge is 0.463 e. The Hall–Kier alpha value is -2.63. The predicted octanol–water partition coefficient (Wildman–Crippen LogP) is 6.98. The average molecular weight is 656 g/mol. The van der Waals surface area contributed by atoms with Crippen molar-refractivity contribution in [2.45, 2.75) is 104 Å². The molecule has 4 aliphatic rings. The summed E-state index contributed by atoms with van der Waals surface area (Å²) in [7, 11) is 0. The maximum atomic E-state index is 12.3. The number of rotatable bonds is 5. The fourth-order valence-corrected chi connectivity index (χ4v) is 9.16. The molecule has 0 aromatic carbocycles. The Labute approximate surface area is 265 Å². The second kappa shape index (κ2) is 13.2. The van der Waals surface area contributed by atoms with Crippen LogP contribution in [0.2, 0.25) is 0 Å². The van der Waals surface area contributed by atoms with Gasteiger partial charge in [0.25, 0.3) is 0 Å². The number of aromatic nitrogens is 2. The standard InChI is InChI=1S/C30H39BrN2O4.C3H6O.C2H2/c1-5-26(35)37-28-17(2)10-23-22-9-6-19-11-24-18(12-29(19,3)27(22)25(34)13-30(23,28)4)15-33(32-24)16-21-8-7-20(14-31)36-21;1-3(2)4;1-2/h7-8,11,15,17,22-23,25,27-28,34H,5-6,9-10,12-14,16H2,1-4H3;1-2H3;1-2H/t17?,22?,23?,25?,27?,28-,29?,30?;;/m1../s1. The number of ketones is 1. The number of ether oxygens (including phenoxy) is 1. The number of carbonyl (C=O) groups excluding carboxylic acids is 2. The van der Waals surface area contributed by atoms with Crippen molar-refractivity contribution in [2.24, 2.45) is 34.5 Å². The van der Waals surface area contributed by atoms with Gasteiger partial charge in [-0.3, -0.25) is 9.48 Å². The van der Waals surface area contributed by atoms with Crippen LogP contribution in [0.3, 0.4) is 0 Å². The van der Waals surface area contributed by atoms with Gasteiger partial charge in [0, 0.05) is 18.0 Å². The van der Waals surface area contributed by atoms with E-state index in [1.165, 1.54) is 25.0 Å². The molecule has 0 radical (unpaired) electrons. The van der Waals surface area contributed by atoms with E-state index >= 15 is 0 Å². The lowest BCUT2D eigenvalue weighted by molar-refractivity contribution is -0.172. The molecule has 7 nitrogen and oxygen atoms in total. The van der Waals surface area contributed by atoms with Crippen LogP contribution in [0.4, 0.5) is 0 Å². The van der Waals surface area contributed by atoms with Crippen molar-refractivity contribution in [3.05, 3.63) is 46.7 Å². The molecule has 6 rings (SSSR count). The minimum Gasteiger partial charge on any atom is -0.463 e. The Morgan fingerprint density at radius 2 is 1.91 bits per heavy atom. The van der Waals surface area contributed by atoms with Gasteiger partial charge in [0.15, 0.2) is 0 Å². The van der Waals surface area contributed by atoms with Gasteiger partial charge in [0.05, 0.1) is 23.7 Å². The van der Waals surface area contributed by atoms with Crippen LogP contribution in [0.1, 0.15) is 96.4 Å². The minimum absolute atomic E-state index is 0.0836. The number of hydrogen-bond acceptors (Lipinski definition) is 6. The molecule has 0 spiro atoms. The molecule has 0 aliphatic heterocycles. The molecule has 1 N–H and O–H groups in total. The summed E-state index contributed by atoms with van der Waals surface area (Å²) in [6, 6.07) is 4.02. The molecule has 8 heteroatoms. The van der Waals surface area contributed by atoms with Crippen molar-refractivity contribution in [3.63, 3.8) is 0 Å². The third-order valence-electron chi connectivity index (χ3n) is 10.4. The first-order chi connectivity index (χ1) is 20.4. The van der Waals surface area contributed by atoms with Gasteiger partial charge in [-0.25, -0.2) is 0 Å². The number of aliphatic hydroxyl groups is 1. The maximum Gasteiger partial charge on any atom is 0.305 e. The van der Waals surface area contributed by atoms with Crippen LogP contribution < -0.4 is 0 Å². The van der Waals surface area contributed by atoms with E-state index in [-0.39, 0.29) is 34.6 Å². The monoisotopic (exact) mass is 654 g/mol. The number of esters is 1.